The van der Waals surface area contributed by atoms with Crippen molar-refractivity contribution in [2.45, 2.75) is 12.8 Å². The van der Waals surface area contributed by atoms with Crippen molar-refractivity contribution in [2.75, 3.05) is 49.1 Å². The highest BCUT2D eigenvalue weighted by Gasteiger charge is 2.33. The average Bonchev–Trinajstić information content (AvgIpc) is 3.06. The molecule has 0 spiro atoms. The van der Waals surface area contributed by atoms with Gasteiger partial charge in [-0.3, -0.25) is 4.79 Å². The van der Waals surface area contributed by atoms with Gasteiger partial charge in [0.25, 0.3) is 0 Å². The summed E-state index contributed by atoms with van der Waals surface area (Å²) in [5.41, 5.74) is 1.03. The van der Waals surface area contributed by atoms with Gasteiger partial charge < -0.3 is 14.7 Å². The molecule has 2 aliphatic heterocycles. The van der Waals surface area contributed by atoms with Gasteiger partial charge in [0.05, 0.1) is 16.6 Å². The Labute approximate surface area is 164 Å². The summed E-state index contributed by atoms with van der Waals surface area (Å²) in [6.07, 6.45) is 3.51. The molecule has 6 nitrogen and oxygen atoms in total. The monoisotopic (exact) mass is 385 g/mol. The van der Waals surface area contributed by atoms with Gasteiger partial charge in [0.1, 0.15) is 0 Å². The Kier molecular flexibility index (Phi) is 5.43. The number of rotatable bonds is 3. The van der Waals surface area contributed by atoms with Gasteiger partial charge in [-0.25, -0.2) is 0 Å². The second-order valence-corrected chi connectivity index (χ2v) is 7.54. The van der Waals surface area contributed by atoms with Crippen molar-refractivity contribution in [3.05, 3.63) is 47.6 Å². The van der Waals surface area contributed by atoms with Crippen LogP contribution < -0.4 is 9.80 Å². The Morgan fingerprint density at radius 2 is 1.89 bits per heavy atom. The second kappa shape index (κ2) is 8.13. The van der Waals surface area contributed by atoms with Crippen molar-refractivity contribution in [1.29, 1.82) is 0 Å². The fourth-order valence-electron chi connectivity index (χ4n) is 3.98. The lowest BCUT2D eigenvalue weighted by molar-refractivity contribution is -0.134. The molecule has 27 heavy (non-hydrogen) atoms. The number of amides is 1. The van der Waals surface area contributed by atoms with Crippen molar-refractivity contribution in [2.24, 2.45) is 5.92 Å². The third-order valence-corrected chi connectivity index (χ3v) is 5.74. The largest absolute Gasteiger partial charge is 0.370 e. The first-order valence-corrected chi connectivity index (χ1v) is 9.91. The molecule has 0 radical (unpaired) electrons. The fraction of sp³-hybridized carbons (Fsp3) is 0.450. The smallest absolute Gasteiger partial charge is 0.227 e. The number of carbonyl (C=O) groups is 1. The Morgan fingerprint density at radius 3 is 2.70 bits per heavy atom. The van der Waals surface area contributed by atoms with Crippen molar-refractivity contribution in [3.63, 3.8) is 0 Å². The summed E-state index contributed by atoms with van der Waals surface area (Å²) in [6.45, 7) is 4.85. The number of benzene rings is 1. The maximum absolute atomic E-state index is 13.1. The van der Waals surface area contributed by atoms with Gasteiger partial charge in [0, 0.05) is 45.5 Å². The van der Waals surface area contributed by atoms with Crippen LogP contribution in [0.4, 0.5) is 11.5 Å². The normalized spacial score (nSPS) is 20.6. The molecule has 0 bridgehead atoms. The Hall–Kier alpha value is -2.34. The van der Waals surface area contributed by atoms with Gasteiger partial charge >= 0.3 is 0 Å². The zero-order valence-electron chi connectivity index (χ0n) is 15.3. The minimum Gasteiger partial charge on any atom is -0.370 e. The summed E-state index contributed by atoms with van der Waals surface area (Å²) in [6, 6.07) is 11.7. The zero-order valence-corrected chi connectivity index (χ0v) is 16.1. The minimum absolute atomic E-state index is 0.0457. The van der Waals surface area contributed by atoms with Crippen LogP contribution in [0.1, 0.15) is 12.8 Å². The third kappa shape index (κ3) is 4.00. The Balaban J connectivity index is 1.37. The van der Waals surface area contributed by atoms with Crippen LogP contribution in [0.2, 0.25) is 5.02 Å². The summed E-state index contributed by atoms with van der Waals surface area (Å²) in [4.78, 5) is 19.5. The number of anilines is 2. The molecule has 3 heterocycles. The molecule has 142 valence electrons. The molecule has 0 N–H and O–H groups in total. The fourth-order valence-corrected chi connectivity index (χ4v) is 4.23. The predicted molar refractivity (Wildman–Crippen MR) is 107 cm³/mol. The van der Waals surface area contributed by atoms with E-state index in [1.807, 2.05) is 41.3 Å². The Morgan fingerprint density at radius 1 is 1.00 bits per heavy atom. The highest BCUT2D eigenvalue weighted by molar-refractivity contribution is 6.33. The lowest BCUT2D eigenvalue weighted by Gasteiger charge is -2.25. The highest BCUT2D eigenvalue weighted by atomic mass is 35.5. The molecule has 1 unspecified atom stereocenters. The van der Waals surface area contributed by atoms with Crippen LogP contribution in [0, 0.1) is 5.92 Å². The van der Waals surface area contributed by atoms with Crippen molar-refractivity contribution in [3.8, 4) is 0 Å². The van der Waals surface area contributed by atoms with E-state index < -0.39 is 0 Å². The lowest BCUT2D eigenvalue weighted by atomic mass is 10.1. The molecule has 1 amide bonds. The average molecular weight is 386 g/mol. The van der Waals surface area contributed by atoms with E-state index in [1.54, 1.807) is 6.20 Å². The van der Waals surface area contributed by atoms with Gasteiger partial charge in [0.15, 0.2) is 5.82 Å². The minimum atomic E-state index is 0.0457. The van der Waals surface area contributed by atoms with E-state index in [9.17, 15) is 4.79 Å². The molecule has 1 aromatic heterocycles. The van der Waals surface area contributed by atoms with Crippen LogP contribution in [-0.2, 0) is 4.79 Å². The molecule has 1 atom stereocenters. The van der Waals surface area contributed by atoms with Gasteiger partial charge in [-0.15, -0.1) is 5.10 Å². The van der Waals surface area contributed by atoms with Gasteiger partial charge in [-0.05, 0) is 37.1 Å². The first-order chi connectivity index (χ1) is 13.2. The first kappa shape index (κ1) is 18.0. The van der Waals surface area contributed by atoms with E-state index in [4.69, 9.17) is 11.6 Å². The van der Waals surface area contributed by atoms with Gasteiger partial charge in [-0.1, -0.05) is 23.7 Å². The zero-order chi connectivity index (χ0) is 18.6. The number of hydrogen-bond acceptors (Lipinski definition) is 5. The molecule has 2 saturated heterocycles. The number of nitrogens with zero attached hydrogens (tertiary/aromatic N) is 5. The quantitative estimate of drug-likeness (QED) is 0.813. The molecule has 4 rings (SSSR count). The Bertz CT molecular complexity index is 787. The second-order valence-electron chi connectivity index (χ2n) is 7.13. The number of halogens is 1. The standard InChI is InChI=1S/C20H24ClN5O/c21-17-5-1-2-6-18(17)26-12-8-16(15-26)20(27)25-11-4-10-24(13-14-25)19-7-3-9-22-23-19/h1-3,5-7,9,16H,4,8,10-15H2. The van der Waals surface area contributed by atoms with E-state index in [1.165, 1.54) is 0 Å². The van der Waals surface area contributed by atoms with Crippen molar-refractivity contribution >= 4 is 29.0 Å². The molecule has 2 aromatic rings. The maximum Gasteiger partial charge on any atom is 0.227 e. The van der Waals surface area contributed by atoms with E-state index in [2.05, 4.69) is 20.0 Å². The van der Waals surface area contributed by atoms with E-state index >= 15 is 0 Å². The molecular weight excluding hydrogens is 362 g/mol. The SMILES string of the molecule is O=C(C1CCN(c2ccccc2Cl)C1)N1CCCN(c2cccnn2)CC1. The van der Waals surface area contributed by atoms with E-state index in [-0.39, 0.29) is 11.8 Å². The topological polar surface area (TPSA) is 52.6 Å². The number of aromatic nitrogens is 2. The van der Waals surface area contributed by atoms with Crippen LogP contribution in [0.25, 0.3) is 0 Å². The third-order valence-electron chi connectivity index (χ3n) is 5.42. The van der Waals surface area contributed by atoms with Crippen LogP contribution >= 0.6 is 11.6 Å². The van der Waals surface area contributed by atoms with Crippen molar-refractivity contribution in [1.82, 2.24) is 15.1 Å². The van der Waals surface area contributed by atoms with E-state index in [0.717, 1.165) is 68.6 Å². The summed E-state index contributed by atoms with van der Waals surface area (Å²) in [5, 5.41) is 8.91. The molecule has 2 aliphatic rings. The van der Waals surface area contributed by atoms with E-state index in [0.29, 0.717) is 0 Å². The van der Waals surface area contributed by atoms with Crippen LogP contribution in [-0.4, -0.2) is 60.3 Å². The molecule has 1 aromatic carbocycles. The molecule has 7 heteroatoms. The van der Waals surface area contributed by atoms with Gasteiger partial charge in [0.2, 0.25) is 5.91 Å². The first-order valence-electron chi connectivity index (χ1n) is 9.53. The molecular formula is C20H24ClN5O. The number of carbonyl (C=O) groups excluding carboxylic acids is 1. The summed E-state index contributed by atoms with van der Waals surface area (Å²) < 4.78 is 0. The van der Waals surface area contributed by atoms with Crippen LogP contribution in [0.15, 0.2) is 42.6 Å². The summed E-state index contributed by atoms with van der Waals surface area (Å²) in [7, 11) is 0. The van der Waals surface area contributed by atoms with Crippen molar-refractivity contribution < 1.29 is 4.79 Å². The molecule has 0 saturated carbocycles. The van der Waals surface area contributed by atoms with Crippen LogP contribution in [0.3, 0.4) is 0 Å². The summed E-state index contributed by atoms with van der Waals surface area (Å²) in [5.74, 6) is 1.20. The van der Waals surface area contributed by atoms with Gasteiger partial charge in [-0.2, -0.15) is 5.10 Å². The number of para-hydroxylation sites is 1. The predicted octanol–water partition coefficient (Wildman–Crippen LogP) is 2.70. The van der Waals surface area contributed by atoms with Crippen LogP contribution in [0.5, 0.6) is 0 Å². The lowest BCUT2D eigenvalue weighted by Crippen LogP contribution is -2.40. The summed E-state index contributed by atoms with van der Waals surface area (Å²) >= 11 is 6.32. The molecule has 0 aliphatic carbocycles. The maximum atomic E-state index is 13.1. The number of hydrogen-bond donors (Lipinski definition) is 0. The molecule has 2 fully saturated rings. The highest BCUT2D eigenvalue weighted by Crippen LogP contribution is 2.31.